The third-order valence-electron chi connectivity index (χ3n) is 3.42. The Hall–Kier alpha value is -2.44. The van der Waals surface area contributed by atoms with Gasteiger partial charge in [0.05, 0.1) is 6.54 Å². The Bertz CT molecular complexity index is 824. The molecule has 2 N–H and O–H groups in total. The van der Waals surface area contributed by atoms with Crippen molar-refractivity contribution in [2.24, 2.45) is 0 Å². The lowest BCUT2D eigenvalue weighted by Crippen LogP contribution is -2.32. The molecular weight excluding hydrogens is 324 g/mol. The number of amides is 1. The van der Waals surface area contributed by atoms with Gasteiger partial charge in [0.1, 0.15) is 0 Å². The number of aryl methyl sites for hydroxylation is 2. The molecule has 0 saturated carbocycles. The molecule has 24 heavy (non-hydrogen) atoms. The average Bonchev–Trinajstić information content (AvgIpc) is 2.56. The van der Waals surface area contributed by atoms with Gasteiger partial charge in [-0.25, -0.2) is 13.1 Å². The lowest BCUT2D eigenvalue weighted by Gasteiger charge is -2.11. The van der Waals surface area contributed by atoms with Gasteiger partial charge in [-0.05, 0) is 36.6 Å². The van der Waals surface area contributed by atoms with Crippen LogP contribution < -0.4 is 10.0 Å². The van der Waals surface area contributed by atoms with Crippen LogP contribution in [0.3, 0.4) is 0 Å². The fourth-order valence-corrected chi connectivity index (χ4v) is 2.91. The Morgan fingerprint density at radius 3 is 2.25 bits per heavy atom. The zero-order valence-electron chi connectivity index (χ0n) is 13.6. The summed E-state index contributed by atoms with van der Waals surface area (Å²) in [6.45, 7) is 3.44. The van der Waals surface area contributed by atoms with Gasteiger partial charge in [0.15, 0.2) is 0 Å². The molecule has 0 saturated heterocycles. The highest BCUT2D eigenvalue weighted by Gasteiger charge is 2.11. The molecule has 5 nitrogen and oxygen atoms in total. The maximum atomic E-state index is 12.0. The number of carbonyl (C=O) groups is 1. The van der Waals surface area contributed by atoms with Crippen molar-refractivity contribution in [3.8, 4) is 0 Å². The van der Waals surface area contributed by atoms with Crippen LogP contribution in [0, 0.1) is 13.8 Å². The van der Waals surface area contributed by atoms with Crippen molar-refractivity contribution in [2.75, 3.05) is 11.9 Å². The van der Waals surface area contributed by atoms with Gasteiger partial charge in [0, 0.05) is 11.1 Å². The standard InChI is InChI=1S/C18H20N2O3S/c1-14-7-6-8-15(2)18(14)20-17(21)13-19-24(22,23)12-11-16-9-4-3-5-10-16/h3-12,19H,13H2,1-2H3,(H,20,21)/b12-11+. The summed E-state index contributed by atoms with van der Waals surface area (Å²) in [6.07, 6.45) is 1.48. The lowest BCUT2D eigenvalue weighted by molar-refractivity contribution is -0.115. The first-order valence-corrected chi connectivity index (χ1v) is 9.01. The first-order chi connectivity index (χ1) is 11.4. The van der Waals surface area contributed by atoms with Crippen LogP contribution in [0.25, 0.3) is 6.08 Å². The Kier molecular flexibility index (Phi) is 5.89. The molecule has 0 aliphatic carbocycles. The van der Waals surface area contributed by atoms with Crippen LogP contribution in [-0.2, 0) is 14.8 Å². The third-order valence-corrected chi connectivity index (χ3v) is 4.46. The van der Waals surface area contributed by atoms with E-state index in [0.717, 1.165) is 22.1 Å². The zero-order chi connectivity index (χ0) is 17.6. The number of hydrogen-bond acceptors (Lipinski definition) is 3. The van der Waals surface area contributed by atoms with E-state index in [0.29, 0.717) is 5.69 Å². The molecule has 6 heteroatoms. The molecule has 1 amide bonds. The first-order valence-electron chi connectivity index (χ1n) is 7.46. The summed E-state index contributed by atoms with van der Waals surface area (Å²) >= 11 is 0. The molecular formula is C18H20N2O3S. The van der Waals surface area contributed by atoms with Gasteiger partial charge in [0.25, 0.3) is 0 Å². The minimum Gasteiger partial charge on any atom is -0.324 e. The van der Waals surface area contributed by atoms with Gasteiger partial charge in [-0.15, -0.1) is 0 Å². The summed E-state index contributed by atoms with van der Waals surface area (Å²) in [7, 11) is -3.68. The highest BCUT2D eigenvalue weighted by atomic mass is 32.2. The van der Waals surface area contributed by atoms with Crippen molar-refractivity contribution >= 4 is 27.7 Å². The van der Waals surface area contributed by atoms with E-state index in [2.05, 4.69) is 10.0 Å². The number of rotatable bonds is 6. The molecule has 0 heterocycles. The van der Waals surface area contributed by atoms with Gasteiger partial charge in [0.2, 0.25) is 15.9 Å². The number of anilines is 1. The number of sulfonamides is 1. The van der Waals surface area contributed by atoms with Gasteiger partial charge >= 0.3 is 0 Å². The van der Waals surface area contributed by atoms with Crippen LogP contribution in [-0.4, -0.2) is 20.9 Å². The molecule has 0 spiro atoms. The topological polar surface area (TPSA) is 75.3 Å². The van der Waals surface area contributed by atoms with Gasteiger partial charge in [-0.3, -0.25) is 4.79 Å². The SMILES string of the molecule is Cc1cccc(C)c1NC(=O)CNS(=O)(=O)/C=C/c1ccccc1. The molecule has 0 bridgehead atoms. The van der Waals surface area contributed by atoms with E-state index in [1.165, 1.54) is 6.08 Å². The van der Waals surface area contributed by atoms with Crippen molar-refractivity contribution in [1.82, 2.24) is 4.72 Å². The summed E-state index contributed by atoms with van der Waals surface area (Å²) in [6, 6.07) is 14.7. The van der Waals surface area contributed by atoms with Crippen LogP contribution >= 0.6 is 0 Å². The zero-order valence-corrected chi connectivity index (χ0v) is 14.4. The lowest BCUT2D eigenvalue weighted by atomic mass is 10.1. The Labute approximate surface area is 142 Å². The Morgan fingerprint density at radius 2 is 1.62 bits per heavy atom. The highest BCUT2D eigenvalue weighted by Crippen LogP contribution is 2.19. The maximum Gasteiger partial charge on any atom is 0.239 e. The second-order valence-electron chi connectivity index (χ2n) is 5.39. The van der Waals surface area contributed by atoms with Gasteiger partial charge in [-0.2, -0.15) is 0 Å². The van der Waals surface area contributed by atoms with Gasteiger partial charge < -0.3 is 5.32 Å². The monoisotopic (exact) mass is 344 g/mol. The number of carbonyl (C=O) groups excluding carboxylic acids is 1. The van der Waals surface area contributed by atoms with Crippen molar-refractivity contribution in [3.63, 3.8) is 0 Å². The summed E-state index contributed by atoms with van der Waals surface area (Å²) in [4.78, 5) is 12.0. The van der Waals surface area contributed by atoms with Crippen LogP contribution in [0.1, 0.15) is 16.7 Å². The molecule has 0 aromatic heterocycles. The molecule has 0 aliphatic rings. The summed E-state index contributed by atoms with van der Waals surface area (Å²) < 4.78 is 26.1. The van der Waals surface area contributed by atoms with Crippen LogP contribution in [0.5, 0.6) is 0 Å². The first kappa shape index (κ1) is 17.9. The molecule has 0 fully saturated rings. The molecule has 126 valence electrons. The van der Waals surface area contributed by atoms with Crippen molar-refractivity contribution < 1.29 is 13.2 Å². The smallest absolute Gasteiger partial charge is 0.239 e. The largest absolute Gasteiger partial charge is 0.324 e. The summed E-state index contributed by atoms with van der Waals surface area (Å²) in [5, 5.41) is 3.79. The number of hydrogen-bond donors (Lipinski definition) is 2. The predicted molar refractivity (Wildman–Crippen MR) is 96.9 cm³/mol. The summed E-state index contributed by atoms with van der Waals surface area (Å²) in [5.74, 6) is -0.413. The van der Waals surface area contributed by atoms with E-state index in [-0.39, 0.29) is 6.54 Å². The highest BCUT2D eigenvalue weighted by molar-refractivity contribution is 7.92. The van der Waals surface area contributed by atoms with E-state index in [1.54, 1.807) is 12.1 Å². The molecule has 0 atom stereocenters. The second kappa shape index (κ2) is 7.90. The second-order valence-corrected chi connectivity index (χ2v) is 7.05. The molecule has 2 rings (SSSR count). The van der Waals surface area contributed by atoms with Crippen LogP contribution in [0.4, 0.5) is 5.69 Å². The Balaban J connectivity index is 1.94. The number of benzene rings is 2. The van der Waals surface area contributed by atoms with E-state index in [4.69, 9.17) is 0 Å². The van der Waals surface area contributed by atoms with E-state index in [9.17, 15) is 13.2 Å². The fourth-order valence-electron chi connectivity index (χ4n) is 2.14. The minimum atomic E-state index is -3.68. The third kappa shape index (κ3) is 5.33. The number of nitrogens with one attached hydrogen (secondary N) is 2. The Morgan fingerprint density at radius 1 is 1.00 bits per heavy atom. The molecule has 0 unspecified atom stereocenters. The molecule has 0 radical (unpaired) electrons. The number of para-hydroxylation sites is 1. The van der Waals surface area contributed by atoms with E-state index in [1.807, 2.05) is 50.2 Å². The van der Waals surface area contributed by atoms with Gasteiger partial charge in [-0.1, -0.05) is 48.5 Å². The van der Waals surface area contributed by atoms with E-state index >= 15 is 0 Å². The normalized spacial score (nSPS) is 11.6. The van der Waals surface area contributed by atoms with Crippen LogP contribution in [0.15, 0.2) is 53.9 Å². The predicted octanol–water partition coefficient (Wildman–Crippen LogP) is 2.83. The van der Waals surface area contributed by atoms with E-state index < -0.39 is 15.9 Å². The van der Waals surface area contributed by atoms with Crippen molar-refractivity contribution in [2.45, 2.75) is 13.8 Å². The summed E-state index contributed by atoms with van der Waals surface area (Å²) in [5.41, 5.74) is 3.33. The molecule has 2 aromatic rings. The van der Waals surface area contributed by atoms with Crippen molar-refractivity contribution in [1.29, 1.82) is 0 Å². The van der Waals surface area contributed by atoms with Crippen LogP contribution in [0.2, 0.25) is 0 Å². The average molecular weight is 344 g/mol. The minimum absolute atomic E-state index is 0.324. The quantitative estimate of drug-likeness (QED) is 0.846. The van der Waals surface area contributed by atoms with Crippen molar-refractivity contribution in [3.05, 3.63) is 70.6 Å². The molecule has 0 aliphatic heterocycles. The molecule has 2 aromatic carbocycles. The maximum absolute atomic E-state index is 12.0. The fraction of sp³-hybridized carbons (Fsp3) is 0.167.